The third kappa shape index (κ3) is 3.22. The lowest BCUT2D eigenvalue weighted by Gasteiger charge is -2.11. The van der Waals surface area contributed by atoms with Crippen LogP contribution in [0.2, 0.25) is 0 Å². The van der Waals surface area contributed by atoms with Gasteiger partial charge in [0.15, 0.2) is 11.5 Å². The highest BCUT2D eigenvalue weighted by Crippen LogP contribution is 2.28. The molecule has 0 aliphatic heterocycles. The van der Waals surface area contributed by atoms with Gasteiger partial charge in [-0.25, -0.2) is 0 Å². The monoisotopic (exact) mass is 288 g/mol. The topological polar surface area (TPSA) is 84.6 Å². The SMILES string of the molecule is COc1cc(CNc2cccc([N+](=O)[O-])c2C)ccc1O. The van der Waals surface area contributed by atoms with Gasteiger partial charge < -0.3 is 15.2 Å². The van der Waals surface area contributed by atoms with Crippen molar-refractivity contribution in [1.29, 1.82) is 0 Å². The van der Waals surface area contributed by atoms with E-state index in [0.29, 0.717) is 23.5 Å². The molecule has 0 atom stereocenters. The Kier molecular flexibility index (Phi) is 4.27. The Morgan fingerprint density at radius 1 is 1.33 bits per heavy atom. The van der Waals surface area contributed by atoms with Gasteiger partial charge in [-0.1, -0.05) is 12.1 Å². The second kappa shape index (κ2) is 6.13. The Morgan fingerprint density at radius 2 is 2.10 bits per heavy atom. The smallest absolute Gasteiger partial charge is 0.274 e. The summed E-state index contributed by atoms with van der Waals surface area (Å²) in [5.74, 6) is 0.470. The van der Waals surface area contributed by atoms with E-state index in [0.717, 1.165) is 5.56 Å². The summed E-state index contributed by atoms with van der Waals surface area (Å²) in [5, 5.41) is 23.6. The van der Waals surface area contributed by atoms with Crippen molar-refractivity contribution >= 4 is 11.4 Å². The fraction of sp³-hybridized carbons (Fsp3) is 0.200. The number of phenols is 1. The maximum Gasteiger partial charge on any atom is 0.274 e. The lowest BCUT2D eigenvalue weighted by Crippen LogP contribution is -2.03. The van der Waals surface area contributed by atoms with Crippen molar-refractivity contribution in [1.82, 2.24) is 0 Å². The van der Waals surface area contributed by atoms with Crippen LogP contribution in [0.5, 0.6) is 11.5 Å². The molecule has 2 aromatic carbocycles. The van der Waals surface area contributed by atoms with Gasteiger partial charge in [-0.15, -0.1) is 0 Å². The molecule has 0 bridgehead atoms. The van der Waals surface area contributed by atoms with Crippen molar-refractivity contribution in [2.24, 2.45) is 0 Å². The molecule has 0 aromatic heterocycles. The third-order valence-corrected chi connectivity index (χ3v) is 3.23. The van der Waals surface area contributed by atoms with Crippen LogP contribution in [0.15, 0.2) is 36.4 Å². The molecule has 0 radical (unpaired) electrons. The molecule has 0 unspecified atom stereocenters. The van der Waals surface area contributed by atoms with Gasteiger partial charge >= 0.3 is 0 Å². The first-order valence-corrected chi connectivity index (χ1v) is 6.36. The molecule has 0 amide bonds. The minimum absolute atomic E-state index is 0.0766. The number of rotatable bonds is 5. The molecule has 6 nitrogen and oxygen atoms in total. The van der Waals surface area contributed by atoms with E-state index in [2.05, 4.69) is 5.32 Å². The molecule has 0 heterocycles. The summed E-state index contributed by atoms with van der Waals surface area (Å²) in [5.41, 5.74) is 2.28. The zero-order chi connectivity index (χ0) is 15.4. The van der Waals surface area contributed by atoms with Gasteiger partial charge in [0.25, 0.3) is 5.69 Å². The first-order chi connectivity index (χ1) is 10.0. The number of benzene rings is 2. The lowest BCUT2D eigenvalue weighted by molar-refractivity contribution is -0.385. The van der Waals surface area contributed by atoms with E-state index >= 15 is 0 Å². The fourth-order valence-electron chi connectivity index (χ4n) is 2.04. The number of ether oxygens (including phenoxy) is 1. The average molecular weight is 288 g/mol. The van der Waals surface area contributed by atoms with Crippen LogP contribution in [0.4, 0.5) is 11.4 Å². The Hall–Kier alpha value is -2.76. The number of nitrogens with one attached hydrogen (secondary N) is 1. The summed E-state index contributed by atoms with van der Waals surface area (Å²) in [4.78, 5) is 10.5. The van der Waals surface area contributed by atoms with Crippen LogP contribution in [-0.4, -0.2) is 17.1 Å². The summed E-state index contributed by atoms with van der Waals surface area (Å²) >= 11 is 0. The second-order valence-electron chi connectivity index (χ2n) is 4.57. The maximum atomic E-state index is 10.9. The van der Waals surface area contributed by atoms with E-state index in [1.54, 1.807) is 37.3 Å². The van der Waals surface area contributed by atoms with Crippen molar-refractivity contribution in [2.75, 3.05) is 12.4 Å². The van der Waals surface area contributed by atoms with Crippen LogP contribution in [-0.2, 0) is 6.54 Å². The van der Waals surface area contributed by atoms with Crippen LogP contribution >= 0.6 is 0 Å². The molecule has 6 heteroatoms. The fourth-order valence-corrected chi connectivity index (χ4v) is 2.04. The number of aromatic hydroxyl groups is 1. The average Bonchev–Trinajstić information content (AvgIpc) is 2.47. The highest BCUT2D eigenvalue weighted by Gasteiger charge is 2.13. The number of nitro benzene ring substituents is 1. The van der Waals surface area contributed by atoms with E-state index in [1.807, 2.05) is 0 Å². The number of methoxy groups -OCH3 is 1. The maximum absolute atomic E-state index is 10.9. The highest BCUT2D eigenvalue weighted by atomic mass is 16.6. The van der Waals surface area contributed by atoms with Crippen molar-refractivity contribution in [3.8, 4) is 11.5 Å². The van der Waals surface area contributed by atoms with Gasteiger partial charge in [-0.3, -0.25) is 10.1 Å². The van der Waals surface area contributed by atoms with Gasteiger partial charge in [0.05, 0.1) is 12.0 Å². The standard InChI is InChI=1S/C15H16N2O4/c1-10-12(4-3-5-13(10)17(19)20)16-9-11-6-7-14(18)15(8-11)21-2/h3-8,16,18H,9H2,1-2H3. The summed E-state index contributed by atoms with van der Waals surface area (Å²) in [7, 11) is 1.48. The predicted octanol–water partition coefficient (Wildman–Crippen LogP) is 3.23. The molecule has 2 rings (SSSR count). The predicted molar refractivity (Wildman–Crippen MR) is 79.8 cm³/mol. The van der Waals surface area contributed by atoms with Crippen LogP contribution in [0.1, 0.15) is 11.1 Å². The molecule has 0 aliphatic rings. The summed E-state index contributed by atoms with van der Waals surface area (Å²) < 4.78 is 5.04. The van der Waals surface area contributed by atoms with Crippen LogP contribution in [0.25, 0.3) is 0 Å². The molecule has 0 saturated heterocycles. The van der Waals surface area contributed by atoms with E-state index < -0.39 is 4.92 Å². The zero-order valence-electron chi connectivity index (χ0n) is 11.8. The summed E-state index contributed by atoms with van der Waals surface area (Å²) in [6.07, 6.45) is 0. The molecule has 21 heavy (non-hydrogen) atoms. The molecule has 110 valence electrons. The summed E-state index contributed by atoms with van der Waals surface area (Å²) in [6.45, 7) is 2.18. The number of hydrogen-bond donors (Lipinski definition) is 2. The Labute approximate surface area is 122 Å². The highest BCUT2D eigenvalue weighted by molar-refractivity contribution is 5.60. The molecule has 0 aliphatic carbocycles. The molecule has 2 N–H and O–H groups in total. The molecule has 2 aromatic rings. The number of phenolic OH excluding ortho intramolecular Hbond substituents is 1. The van der Waals surface area contributed by atoms with Gasteiger partial charge in [0.1, 0.15) is 0 Å². The number of nitro groups is 1. The zero-order valence-corrected chi connectivity index (χ0v) is 11.8. The Balaban J connectivity index is 2.17. The quantitative estimate of drug-likeness (QED) is 0.651. The van der Waals surface area contributed by atoms with E-state index in [9.17, 15) is 15.2 Å². The first-order valence-electron chi connectivity index (χ1n) is 6.36. The van der Waals surface area contributed by atoms with Crippen molar-refractivity contribution in [2.45, 2.75) is 13.5 Å². The largest absolute Gasteiger partial charge is 0.504 e. The molecular weight excluding hydrogens is 272 g/mol. The van der Waals surface area contributed by atoms with Crippen LogP contribution in [0.3, 0.4) is 0 Å². The lowest BCUT2D eigenvalue weighted by atomic mass is 10.1. The summed E-state index contributed by atoms with van der Waals surface area (Å²) in [6, 6.07) is 9.94. The third-order valence-electron chi connectivity index (χ3n) is 3.23. The second-order valence-corrected chi connectivity index (χ2v) is 4.57. The first kappa shape index (κ1) is 14.6. The minimum atomic E-state index is -0.399. The van der Waals surface area contributed by atoms with Crippen molar-refractivity contribution < 1.29 is 14.8 Å². The van der Waals surface area contributed by atoms with Gasteiger partial charge in [0, 0.05) is 23.9 Å². The molecule has 0 fully saturated rings. The van der Waals surface area contributed by atoms with Gasteiger partial charge in [-0.05, 0) is 30.7 Å². The van der Waals surface area contributed by atoms with E-state index in [1.165, 1.54) is 13.2 Å². The van der Waals surface area contributed by atoms with Crippen molar-refractivity contribution in [3.05, 3.63) is 57.6 Å². The molecular formula is C15H16N2O4. The van der Waals surface area contributed by atoms with Crippen LogP contribution in [0, 0.1) is 17.0 Å². The number of hydrogen-bond acceptors (Lipinski definition) is 5. The Morgan fingerprint density at radius 3 is 2.76 bits per heavy atom. The van der Waals surface area contributed by atoms with E-state index in [-0.39, 0.29) is 11.4 Å². The van der Waals surface area contributed by atoms with E-state index in [4.69, 9.17) is 4.74 Å². The Bertz CT molecular complexity index is 671. The van der Waals surface area contributed by atoms with Crippen molar-refractivity contribution in [3.63, 3.8) is 0 Å². The van der Waals surface area contributed by atoms with Gasteiger partial charge in [0.2, 0.25) is 0 Å². The van der Waals surface area contributed by atoms with Crippen LogP contribution < -0.4 is 10.1 Å². The minimum Gasteiger partial charge on any atom is -0.504 e. The molecule has 0 saturated carbocycles. The number of nitrogens with zero attached hydrogens (tertiary/aromatic N) is 1. The van der Waals surface area contributed by atoms with Gasteiger partial charge in [-0.2, -0.15) is 0 Å². The molecule has 0 spiro atoms. The number of anilines is 1. The normalized spacial score (nSPS) is 10.2.